The fourth-order valence-corrected chi connectivity index (χ4v) is 2.88. The molecule has 1 aromatic carbocycles. The van der Waals surface area contributed by atoms with Crippen molar-refractivity contribution in [3.63, 3.8) is 0 Å². The second-order valence-corrected chi connectivity index (χ2v) is 7.86. The zero-order chi connectivity index (χ0) is 18.8. The number of nitrogens with zero attached hydrogens (tertiary/aromatic N) is 1. The molecule has 0 radical (unpaired) electrons. The van der Waals surface area contributed by atoms with Crippen LogP contribution in [-0.2, 0) is 14.9 Å². The number of rotatable bonds is 5. The predicted octanol–water partition coefficient (Wildman–Crippen LogP) is 1.85. The minimum atomic E-state index is -4.10. The third-order valence-corrected chi connectivity index (χ3v) is 4.00. The number of fused-ring (bicyclic) bond motifs is 1. The van der Waals surface area contributed by atoms with Crippen LogP contribution < -0.4 is 19.9 Å². The second-order valence-electron chi connectivity index (χ2n) is 6.65. The number of hydrogen-bond donors (Lipinski definition) is 2. The van der Waals surface area contributed by atoms with Crippen LogP contribution in [0.4, 0.5) is 0 Å². The maximum Gasteiger partial charge on any atom is 0.320 e. The molecule has 0 aliphatic carbocycles. The van der Waals surface area contributed by atoms with Crippen molar-refractivity contribution < 1.29 is 22.6 Å². The molecule has 138 valence electrons. The van der Waals surface area contributed by atoms with Crippen LogP contribution in [0.15, 0.2) is 34.9 Å². The summed E-state index contributed by atoms with van der Waals surface area (Å²) in [6, 6.07) is 5.39. The van der Waals surface area contributed by atoms with E-state index in [-0.39, 0.29) is 29.8 Å². The smallest absolute Gasteiger partial charge is 0.320 e. The van der Waals surface area contributed by atoms with E-state index in [9.17, 15) is 8.42 Å². The Bertz CT molecular complexity index is 796. The summed E-state index contributed by atoms with van der Waals surface area (Å²) in [7, 11) is -2.80. The highest BCUT2D eigenvalue weighted by Crippen LogP contribution is 2.39. The molecule has 0 saturated carbocycles. The van der Waals surface area contributed by atoms with Gasteiger partial charge in [-0.25, -0.2) is 5.14 Å². The highest BCUT2D eigenvalue weighted by atomic mass is 32.2. The van der Waals surface area contributed by atoms with Crippen LogP contribution in [0.5, 0.6) is 11.5 Å². The molecule has 1 heterocycles. The number of hydrogen-bond acceptors (Lipinski definition) is 6. The average Bonchev–Trinajstić information content (AvgIpc) is 2.95. The number of methoxy groups -OCH3 is 1. The highest BCUT2D eigenvalue weighted by Gasteiger charge is 2.29. The van der Waals surface area contributed by atoms with E-state index in [1.165, 1.54) is 7.11 Å². The number of benzene rings is 1. The third kappa shape index (κ3) is 4.86. The monoisotopic (exact) mass is 369 g/mol. The zero-order valence-corrected chi connectivity index (χ0v) is 15.5. The summed E-state index contributed by atoms with van der Waals surface area (Å²) >= 11 is 0. The van der Waals surface area contributed by atoms with Gasteiger partial charge in [0.2, 0.25) is 12.7 Å². The van der Waals surface area contributed by atoms with Gasteiger partial charge in [-0.05, 0) is 23.1 Å². The molecule has 0 fully saturated rings. The Kier molecular flexibility index (Phi) is 5.28. The lowest BCUT2D eigenvalue weighted by Crippen LogP contribution is -2.34. The Hall–Kier alpha value is -2.26. The SMILES string of the molecule is C=C(N[C@@H](c1ccc2c(c1)OCO2)C(C)(C)C)/C(=N\S(N)(=O)=O)OC. The largest absolute Gasteiger partial charge is 0.479 e. The number of nitrogens with one attached hydrogen (secondary N) is 1. The van der Waals surface area contributed by atoms with Gasteiger partial charge in [0.05, 0.1) is 18.8 Å². The molecule has 0 bridgehead atoms. The first-order valence-corrected chi connectivity index (χ1v) is 9.03. The van der Waals surface area contributed by atoms with Crippen LogP contribution in [0.3, 0.4) is 0 Å². The van der Waals surface area contributed by atoms with Crippen molar-refractivity contribution >= 4 is 16.1 Å². The first kappa shape index (κ1) is 19.1. The van der Waals surface area contributed by atoms with E-state index in [0.29, 0.717) is 11.5 Å². The molecule has 0 saturated heterocycles. The lowest BCUT2D eigenvalue weighted by molar-refractivity contribution is 0.174. The van der Waals surface area contributed by atoms with Crippen LogP contribution in [0.2, 0.25) is 0 Å². The maximum absolute atomic E-state index is 11.2. The van der Waals surface area contributed by atoms with E-state index < -0.39 is 10.2 Å². The summed E-state index contributed by atoms with van der Waals surface area (Å²) in [6.45, 7) is 10.1. The molecule has 1 aromatic rings. The minimum Gasteiger partial charge on any atom is -0.479 e. The third-order valence-electron chi connectivity index (χ3n) is 3.58. The molecular weight excluding hydrogens is 346 g/mol. The van der Waals surface area contributed by atoms with Crippen molar-refractivity contribution in [3.8, 4) is 11.5 Å². The van der Waals surface area contributed by atoms with Gasteiger partial charge in [0.15, 0.2) is 11.5 Å². The van der Waals surface area contributed by atoms with Crippen molar-refractivity contribution in [2.24, 2.45) is 15.0 Å². The van der Waals surface area contributed by atoms with E-state index in [2.05, 4.69) is 16.3 Å². The topological polar surface area (TPSA) is 112 Å². The molecular formula is C16H23N3O5S. The Morgan fingerprint density at radius 1 is 1.36 bits per heavy atom. The molecule has 0 spiro atoms. The average molecular weight is 369 g/mol. The van der Waals surface area contributed by atoms with Crippen molar-refractivity contribution in [1.29, 1.82) is 0 Å². The van der Waals surface area contributed by atoms with Gasteiger partial charge in [0.25, 0.3) is 0 Å². The van der Waals surface area contributed by atoms with Gasteiger partial charge in [-0.3, -0.25) is 0 Å². The summed E-state index contributed by atoms with van der Waals surface area (Å²) in [5.41, 5.74) is 0.884. The first-order chi connectivity index (χ1) is 11.5. The Morgan fingerprint density at radius 3 is 2.56 bits per heavy atom. The van der Waals surface area contributed by atoms with Crippen LogP contribution in [0.25, 0.3) is 0 Å². The summed E-state index contributed by atoms with van der Waals surface area (Å²) < 4.78 is 41.5. The minimum absolute atomic E-state index is 0.188. The molecule has 8 nitrogen and oxygen atoms in total. The lowest BCUT2D eigenvalue weighted by atomic mass is 9.82. The van der Waals surface area contributed by atoms with Gasteiger partial charge < -0.3 is 19.5 Å². The Labute approximate surface area is 147 Å². The molecule has 1 atom stereocenters. The fraction of sp³-hybridized carbons (Fsp3) is 0.438. The van der Waals surface area contributed by atoms with Crippen LogP contribution in [0, 0.1) is 5.41 Å². The molecule has 9 heteroatoms. The molecule has 0 aromatic heterocycles. The summed E-state index contributed by atoms with van der Waals surface area (Å²) in [5, 5.41) is 8.12. The van der Waals surface area contributed by atoms with E-state index in [1.54, 1.807) is 0 Å². The summed E-state index contributed by atoms with van der Waals surface area (Å²) in [5.74, 6) is 1.14. The van der Waals surface area contributed by atoms with Crippen molar-refractivity contribution in [2.45, 2.75) is 26.8 Å². The molecule has 0 amide bonds. The van der Waals surface area contributed by atoms with Gasteiger partial charge in [-0.1, -0.05) is 33.4 Å². The van der Waals surface area contributed by atoms with Crippen LogP contribution in [0.1, 0.15) is 32.4 Å². The van der Waals surface area contributed by atoms with Crippen molar-refractivity contribution in [3.05, 3.63) is 36.0 Å². The standard InChI is InChI=1S/C16H23N3O5S/c1-10(15(22-5)19-25(17,20)21)18-14(16(2,3)4)11-6-7-12-13(8-11)24-9-23-12/h6-8,14,18H,1,9H2,2-5H3,(H2,17,20,21)/b19-15+/t14-/m0/s1. The van der Waals surface area contributed by atoms with Crippen LogP contribution in [-0.4, -0.2) is 28.2 Å². The highest BCUT2D eigenvalue weighted by molar-refractivity contribution is 7.88. The van der Waals surface area contributed by atoms with Crippen molar-refractivity contribution in [2.75, 3.05) is 13.9 Å². The molecule has 1 aliphatic heterocycles. The van der Waals surface area contributed by atoms with Gasteiger partial charge in [-0.15, -0.1) is 4.40 Å². The molecule has 25 heavy (non-hydrogen) atoms. The predicted molar refractivity (Wildman–Crippen MR) is 94.6 cm³/mol. The summed E-state index contributed by atoms with van der Waals surface area (Å²) in [4.78, 5) is 0. The quantitative estimate of drug-likeness (QED) is 0.605. The van der Waals surface area contributed by atoms with E-state index in [4.69, 9.17) is 19.3 Å². The Balaban J connectivity index is 2.33. The number of ether oxygens (including phenoxy) is 3. The maximum atomic E-state index is 11.2. The van der Waals surface area contributed by atoms with E-state index in [0.717, 1.165) is 5.56 Å². The first-order valence-electron chi connectivity index (χ1n) is 7.53. The molecule has 1 aliphatic rings. The normalized spacial score (nSPS) is 15.6. The zero-order valence-electron chi connectivity index (χ0n) is 14.7. The molecule has 0 unspecified atom stereocenters. The van der Waals surface area contributed by atoms with Gasteiger partial charge in [0, 0.05) is 0 Å². The summed E-state index contributed by atoms with van der Waals surface area (Å²) in [6.07, 6.45) is 0. The second kappa shape index (κ2) is 6.93. The van der Waals surface area contributed by atoms with E-state index in [1.807, 2.05) is 39.0 Å². The molecule has 2 rings (SSSR count). The lowest BCUT2D eigenvalue weighted by Gasteiger charge is -2.33. The Morgan fingerprint density at radius 2 is 2.00 bits per heavy atom. The fourth-order valence-electron chi connectivity index (χ4n) is 2.46. The van der Waals surface area contributed by atoms with Crippen LogP contribution >= 0.6 is 0 Å². The van der Waals surface area contributed by atoms with Gasteiger partial charge in [-0.2, -0.15) is 8.42 Å². The number of nitrogens with two attached hydrogens (primary N) is 1. The molecule has 3 N–H and O–H groups in total. The van der Waals surface area contributed by atoms with Crippen molar-refractivity contribution in [1.82, 2.24) is 5.32 Å². The van der Waals surface area contributed by atoms with E-state index >= 15 is 0 Å². The van der Waals surface area contributed by atoms with Gasteiger partial charge in [0.1, 0.15) is 0 Å². The van der Waals surface area contributed by atoms with Gasteiger partial charge >= 0.3 is 10.2 Å².